The van der Waals surface area contributed by atoms with Crippen molar-refractivity contribution in [3.63, 3.8) is 0 Å². The van der Waals surface area contributed by atoms with Gasteiger partial charge in [-0.05, 0) is 31.4 Å². The first-order valence-corrected chi connectivity index (χ1v) is 4.88. The van der Waals surface area contributed by atoms with Gasteiger partial charge in [0, 0.05) is 17.8 Å². The highest BCUT2D eigenvalue weighted by molar-refractivity contribution is 5.17. The minimum atomic E-state index is -0.171. The molecule has 0 aromatic carbocycles. The molecule has 0 unspecified atom stereocenters. The van der Waals surface area contributed by atoms with E-state index < -0.39 is 0 Å². The second-order valence-corrected chi connectivity index (χ2v) is 3.87. The van der Waals surface area contributed by atoms with Gasteiger partial charge in [-0.1, -0.05) is 12.5 Å². The Morgan fingerprint density at radius 2 is 2.23 bits per heavy atom. The minimum Gasteiger partial charge on any atom is -0.392 e. The molecule has 2 atom stereocenters. The third kappa shape index (κ3) is 1.73. The molecule has 1 saturated carbocycles. The summed E-state index contributed by atoms with van der Waals surface area (Å²) < 4.78 is 0. The molecule has 1 aromatic heterocycles. The normalized spacial score (nSPS) is 27.8. The number of pyridine rings is 1. The molecule has 70 valence electrons. The van der Waals surface area contributed by atoms with Crippen LogP contribution in [0.3, 0.4) is 0 Å². The van der Waals surface area contributed by atoms with Crippen molar-refractivity contribution >= 4 is 0 Å². The van der Waals surface area contributed by atoms with Crippen molar-refractivity contribution in [1.82, 2.24) is 4.98 Å². The Hall–Kier alpha value is -0.890. The van der Waals surface area contributed by atoms with E-state index in [-0.39, 0.29) is 12.0 Å². The highest BCUT2D eigenvalue weighted by Gasteiger charge is 2.27. The summed E-state index contributed by atoms with van der Waals surface area (Å²) in [5.74, 6) is 0.278. The molecule has 13 heavy (non-hydrogen) atoms. The summed E-state index contributed by atoms with van der Waals surface area (Å²) in [7, 11) is 0. The monoisotopic (exact) mass is 177 g/mol. The van der Waals surface area contributed by atoms with Gasteiger partial charge in [-0.3, -0.25) is 4.98 Å². The average Bonchev–Trinajstić information content (AvgIpc) is 2.53. The zero-order valence-electron chi connectivity index (χ0n) is 7.90. The Labute approximate surface area is 78.6 Å². The van der Waals surface area contributed by atoms with Gasteiger partial charge in [-0.15, -0.1) is 0 Å². The Morgan fingerprint density at radius 3 is 2.77 bits per heavy atom. The van der Waals surface area contributed by atoms with Crippen molar-refractivity contribution in [1.29, 1.82) is 0 Å². The number of nitrogens with zero attached hydrogens (tertiary/aromatic N) is 1. The summed E-state index contributed by atoms with van der Waals surface area (Å²) >= 11 is 0. The van der Waals surface area contributed by atoms with Crippen LogP contribution in [0.4, 0.5) is 0 Å². The quantitative estimate of drug-likeness (QED) is 0.712. The molecule has 1 aliphatic rings. The van der Waals surface area contributed by atoms with E-state index >= 15 is 0 Å². The van der Waals surface area contributed by atoms with Crippen LogP contribution >= 0.6 is 0 Å². The van der Waals surface area contributed by atoms with Crippen LogP contribution in [0.1, 0.15) is 36.4 Å². The van der Waals surface area contributed by atoms with Gasteiger partial charge in [0.25, 0.3) is 0 Å². The zero-order valence-corrected chi connectivity index (χ0v) is 7.90. The highest BCUT2D eigenvalue weighted by Crippen LogP contribution is 2.33. The Balaban J connectivity index is 2.20. The van der Waals surface area contributed by atoms with Gasteiger partial charge in [0.05, 0.1) is 6.10 Å². The van der Waals surface area contributed by atoms with E-state index in [2.05, 4.69) is 11.1 Å². The van der Waals surface area contributed by atoms with E-state index in [9.17, 15) is 5.11 Å². The first-order chi connectivity index (χ1) is 6.27. The molecule has 0 bridgehead atoms. The maximum Gasteiger partial charge on any atom is 0.0623 e. The number of aromatic nitrogens is 1. The van der Waals surface area contributed by atoms with Crippen LogP contribution in [-0.2, 0) is 0 Å². The lowest BCUT2D eigenvalue weighted by Gasteiger charge is -2.13. The van der Waals surface area contributed by atoms with Gasteiger partial charge in [0.15, 0.2) is 0 Å². The van der Waals surface area contributed by atoms with Crippen molar-refractivity contribution in [3.05, 3.63) is 29.6 Å². The standard InChI is InChI=1S/C11H15NO/c1-8-5-6-10(12-7-8)9-3-2-4-11(9)13/h5-7,9,11,13H,2-4H2,1H3/t9-,11+/m0/s1. The fourth-order valence-corrected chi connectivity index (χ4v) is 1.98. The molecule has 0 aliphatic heterocycles. The van der Waals surface area contributed by atoms with Crippen LogP contribution in [0.2, 0.25) is 0 Å². The van der Waals surface area contributed by atoms with Gasteiger partial charge in [-0.2, -0.15) is 0 Å². The number of rotatable bonds is 1. The SMILES string of the molecule is Cc1ccc([C@@H]2CCC[C@H]2O)nc1. The van der Waals surface area contributed by atoms with Crippen LogP contribution in [0.25, 0.3) is 0 Å². The third-order valence-corrected chi connectivity index (χ3v) is 2.79. The van der Waals surface area contributed by atoms with E-state index in [0.717, 1.165) is 25.0 Å². The predicted octanol–water partition coefficient (Wildman–Crippen LogP) is 2.02. The van der Waals surface area contributed by atoms with E-state index in [1.54, 1.807) is 0 Å². The first-order valence-electron chi connectivity index (χ1n) is 4.88. The number of hydrogen-bond acceptors (Lipinski definition) is 2. The van der Waals surface area contributed by atoms with Crippen molar-refractivity contribution in [3.8, 4) is 0 Å². The van der Waals surface area contributed by atoms with Crippen molar-refractivity contribution in [2.24, 2.45) is 0 Å². The Bertz CT molecular complexity index is 281. The van der Waals surface area contributed by atoms with Crippen LogP contribution in [0, 0.1) is 6.92 Å². The second kappa shape index (κ2) is 3.46. The van der Waals surface area contributed by atoms with Crippen LogP contribution < -0.4 is 0 Å². The zero-order chi connectivity index (χ0) is 9.26. The van der Waals surface area contributed by atoms with Crippen molar-refractivity contribution < 1.29 is 5.11 Å². The highest BCUT2D eigenvalue weighted by atomic mass is 16.3. The van der Waals surface area contributed by atoms with E-state index in [1.165, 1.54) is 5.56 Å². The number of aliphatic hydroxyl groups is 1. The Kier molecular flexibility index (Phi) is 2.32. The van der Waals surface area contributed by atoms with Gasteiger partial charge in [0.2, 0.25) is 0 Å². The van der Waals surface area contributed by atoms with Crippen molar-refractivity contribution in [2.45, 2.75) is 38.2 Å². The van der Waals surface area contributed by atoms with Crippen LogP contribution in [0.5, 0.6) is 0 Å². The van der Waals surface area contributed by atoms with E-state index in [4.69, 9.17) is 0 Å². The largest absolute Gasteiger partial charge is 0.392 e. The molecule has 2 heteroatoms. The molecule has 1 heterocycles. The maximum atomic E-state index is 9.67. The van der Waals surface area contributed by atoms with E-state index in [0.29, 0.717) is 0 Å². The number of hydrogen-bond donors (Lipinski definition) is 1. The van der Waals surface area contributed by atoms with Crippen molar-refractivity contribution in [2.75, 3.05) is 0 Å². The molecule has 1 fully saturated rings. The van der Waals surface area contributed by atoms with Gasteiger partial charge >= 0.3 is 0 Å². The van der Waals surface area contributed by atoms with Gasteiger partial charge in [0.1, 0.15) is 0 Å². The van der Waals surface area contributed by atoms with Crippen LogP contribution in [-0.4, -0.2) is 16.2 Å². The molecule has 1 aliphatic carbocycles. The molecule has 0 radical (unpaired) electrons. The smallest absolute Gasteiger partial charge is 0.0623 e. The molecule has 2 nitrogen and oxygen atoms in total. The maximum absolute atomic E-state index is 9.67. The number of aryl methyl sites for hydroxylation is 1. The van der Waals surface area contributed by atoms with Crippen LogP contribution in [0.15, 0.2) is 18.3 Å². The molecule has 0 amide bonds. The summed E-state index contributed by atoms with van der Waals surface area (Å²) in [6.45, 7) is 2.03. The molecular formula is C11H15NO. The summed E-state index contributed by atoms with van der Waals surface area (Å²) in [4.78, 5) is 4.35. The first kappa shape index (κ1) is 8.70. The average molecular weight is 177 g/mol. The molecule has 1 aromatic rings. The molecule has 1 N–H and O–H groups in total. The summed E-state index contributed by atoms with van der Waals surface area (Å²) in [6, 6.07) is 4.10. The summed E-state index contributed by atoms with van der Waals surface area (Å²) in [5, 5.41) is 9.67. The fourth-order valence-electron chi connectivity index (χ4n) is 1.98. The molecule has 0 saturated heterocycles. The fraction of sp³-hybridized carbons (Fsp3) is 0.545. The lowest BCUT2D eigenvalue weighted by molar-refractivity contribution is 0.162. The van der Waals surface area contributed by atoms with E-state index in [1.807, 2.05) is 19.2 Å². The lowest BCUT2D eigenvalue weighted by Crippen LogP contribution is -2.12. The molecule has 0 spiro atoms. The minimum absolute atomic E-state index is 0.171. The lowest BCUT2D eigenvalue weighted by atomic mass is 10.0. The Morgan fingerprint density at radius 1 is 1.38 bits per heavy atom. The predicted molar refractivity (Wildman–Crippen MR) is 51.6 cm³/mol. The summed E-state index contributed by atoms with van der Waals surface area (Å²) in [6.07, 6.45) is 4.84. The second-order valence-electron chi connectivity index (χ2n) is 3.87. The summed E-state index contributed by atoms with van der Waals surface area (Å²) in [5.41, 5.74) is 2.23. The van der Waals surface area contributed by atoms with Gasteiger partial charge < -0.3 is 5.11 Å². The van der Waals surface area contributed by atoms with Gasteiger partial charge in [-0.25, -0.2) is 0 Å². The molecular weight excluding hydrogens is 162 g/mol. The third-order valence-electron chi connectivity index (χ3n) is 2.79. The number of aliphatic hydroxyl groups excluding tert-OH is 1. The topological polar surface area (TPSA) is 33.1 Å². The molecule has 2 rings (SSSR count).